The van der Waals surface area contributed by atoms with Crippen LogP contribution in [0.3, 0.4) is 0 Å². The molecule has 0 spiro atoms. The lowest BCUT2D eigenvalue weighted by molar-refractivity contribution is -0.135. The van der Waals surface area contributed by atoms with Crippen LogP contribution in [0, 0.1) is 0 Å². The number of carbonyl (C=O) groups excluding carboxylic acids is 3. The number of carbonyl (C=O) groups is 3. The van der Waals surface area contributed by atoms with Gasteiger partial charge in [-0.1, -0.05) is 24.3 Å². The van der Waals surface area contributed by atoms with E-state index in [2.05, 4.69) is 17.0 Å². The van der Waals surface area contributed by atoms with E-state index < -0.39 is 5.66 Å². The van der Waals surface area contributed by atoms with Gasteiger partial charge < -0.3 is 14.5 Å². The molecule has 0 N–H and O–H groups in total. The molecule has 8 nitrogen and oxygen atoms in total. The minimum atomic E-state index is -0.807. The second-order valence-corrected chi connectivity index (χ2v) is 9.68. The van der Waals surface area contributed by atoms with Gasteiger partial charge in [-0.25, -0.2) is 0 Å². The summed E-state index contributed by atoms with van der Waals surface area (Å²) >= 11 is 0. The SMILES string of the molecule is COc1ccc(CCN2CCN(C(=O)CN3C(=O)c4ccccc4N4C(=O)CCC34C)CC2)cc1. The second kappa shape index (κ2) is 9.34. The molecule has 3 amide bonds. The number of rotatable bonds is 6. The Morgan fingerprint density at radius 3 is 2.43 bits per heavy atom. The van der Waals surface area contributed by atoms with E-state index in [1.807, 2.05) is 36.1 Å². The fourth-order valence-electron chi connectivity index (χ4n) is 5.48. The van der Waals surface area contributed by atoms with Crippen LogP contribution in [-0.4, -0.2) is 84.5 Å². The zero-order valence-electron chi connectivity index (χ0n) is 20.4. The summed E-state index contributed by atoms with van der Waals surface area (Å²) in [5, 5.41) is 0. The molecule has 2 fully saturated rings. The van der Waals surface area contributed by atoms with Crippen molar-refractivity contribution in [3.63, 3.8) is 0 Å². The summed E-state index contributed by atoms with van der Waals surface area (Å²) in [5.74, 6) is 0.611. The van der Waals surface area contributed by atoms with Crippen LogP contribution >= 0.6 is 0 Å². The number of ether oxygens (including phenoxy) is 1. The van der Waals surface area contributed by atoms with Gasteiger partial charge >= 0.3 is 0 Å². The number of hydrogen-bond donors (Lipinski definition) is 0. The number of para-hydroxylation sites is 1. The monoisotopic (exact) mass is 476 g/mol. The van der Waals surface area contributed by atoms with Crippen molar-refractivity contribution in [1.82, 2.24) is 14.7 Å². The number of hydrogen-bond acceptors (Lipinski definition) is 5. The van der Waals surface area contributed by atoms with Crippen LogP contribution in [0.25, 0.3) is 0 Å². The average Bonchev–Trinajstić information content (AvgIpc) is 3.20. The molecule has 1 unspecified atom stereocenters. The molecule has 3 aliphatic rings. The van der Waals surface area contributed by atoms with E-state index >= 15 is 0 Å². The molecule has 3 aliphatic heterocycles. The second-order valence-electron chi connectivity index (χ2n) is 9.68. The molecule has 8 heteroatoms. The highest BCUT2D eigenvalue weighted by molar-refractivity contribution is 6.11. The minimum Gasteiger partial charge on any atom is -0.497 e. The molecule has 0 saturated carbocycles. The molecule has 0 aromatic heterocycles. The molecular formula is C27H32N4O4. The van der Waals surface area contributed by atoms with E-state index in [0.29, 0.717) is 37.2 Å². The van der Waals surface area contributed by atoms with E-state index in [-0.39, 0.29) is 24.3 Å². The predicted octanol–water partition coefficient (Wildman–Crippen LogP) is 2.38. The van der Waals surface area contributed by atoms with Crippen LogP contribution in [0.15, 0.2) is 48.5 Å². The number of amides is 3. The largest absolute Gasteiger partial charge is 0.497 e. The molecule has 0 aliphatic carbocycles. The van der Waals surface area contributed by atoms with E-state index in [4.69, 9.17) is 4.74 Å². The van der Waals surface area contributed by atoms with Crippen molar-refractivity contribution in [2.75, 3.05) is 51.3 Å². The highest BCUT2D eigenvalue weighted by Crippen LogP contribution is 2.43. The highest BCUT2D eigenvalue weighted by Gasteiger charge is 2.53. The van der Waals surface area contributed by atoms with Crippen LogP contribution in [0.5, 0.6) is 5.75 Å². The first-order chi connectivity index (χ1) is 16.9. The number of fused-ring (bicyclic) bond motifs is 3. The summed E-state index contributed by atoms with van der Waals surface area (Å²) in [6.07, 6.45) is 1.84. The minimum absolute atomic E-state index is 0.00428. The standard InChI is InChI=1S/C27H32N4O4/c1-27-13-11-24(32)31(27)23-6-4-3-5-22(23)26(34)30(27)19-25(33)29-17-15-28(16-18-29)14-12-20-7-9-21(35-2)10-8-20/h3-10H,11-19H2,1-2H3. The van der Waals surface area contributed by atoms with Crippen molar-refractivity contribution in [2.24, 2.45) is 0 Å². The van der Waals surface area contributed by atoms with Gasteiger partial charge in [0.25, 0.3) is 5.91 Å². The van der Waals surface area contributed by atoms with Crippen molar-refractivity contribution in [3.05, 3.63) is 59.7 Å². The van der Waals surface area contributed by atoms with Crippen molar-refractivity contribution in [2.45, 2.75) is 31.8 Å². The average molecular weight is 477 g/mol. The summed E-state index contributed by atoms with van der Waals surface area (Å²) in [6, 6.07) is 15.3. The van der Waals surface area contributed by atoms with Crippen molar-refractivity contribution < 1.29 is 19.1 Å². The molecular weight excluding hydrogens is 444 g/mol. The van der Waals surface area contributed by atoms with Gasteiger partial charge in [0.15, 0.2) is 0 Å². The molecule has 2 aromatic carbocycles. The van der Waals surface area contributed by atoms with Gasteiger partial charge in [0.1, 0.15) is 18.0 Å². The number of anilines is 1. The van der Waals surface area contributed by atoms with Crippen LogP contribution in [0.4, 0.5) is 5.69 Å². The fourth-order valence-corrected chi connectivity index (χ4v) is 5.48. The van der Waals surface area contributed by atoms with Gasteiger partial charge in [-0.3, -0.25) is 24.2 Å². The normalized spacial score (nSPS) is 22.3. The van der Waals surface area contributed by atoms with E-state index in [1.54, 1.807) is 29.0 Å². The Balaban J connectivity index is 1.20. The van der Waals surface area contributed by atoms with Gasteiger partial charge in [-0.2, -0.15) is 0 Å². The summed E-state index contributed by atoms with van der Waals surface area (Å²) in [6.45, 7) is 5.71. The van der Waals surface area contributed by atoms with Gasteiger partial charge in [0.05, 0.1) is 18.4 Å². The third-order valence-corrected chi connectivity index (χ3v) is 7.64. The Morgan fingerprint density at radius 2 is 1.71 bits per heavy atom. The third kappa shape index (κ3) is 4.27. The van der Waals surface area contributed by atoms with Gasteiger partial charge in [-0.05, 0) is 49.6 Å². The van der Waals surface area contributed by atoms with Gasteiger partial charge in [-0.15, -0.1) is 0 Å². The van der Waals surface area contributed by atoms with Crippen LogP contribution in [0.1, 0.15) is 35.7 Å². The number of methoxy groups -OCH3 is 1. The Hall–Kier alpha value is -3.39. The quantitative estimate of drug-likeness (QED) is 0.640. The first-order valence-electron chi connectivity index (χ1n) is 12.3. The Kier molecular flexibility index (Phi) is 6.23. The molecule has 5 rings (SSSR count). The Labute approximate surface area is 206 Å². The number of nitrogens with zero attached hydrogens (tertiary/aromatic N) is 4. The van der Waals surface area contributed by atoms with Crippen LogP contribution < -0.4 is 9.64 Å². The maximum atomic E-state index is 13.4. The maximum Gasteiger partial charge on any atom is 0.258 e. The first kappa shape index (κ1) is 23.4. The molecule has 2 aromatic rings. The Morgan fingerprint density at radius 1 is 1.00 bits per heavy atom. The Bertz CT molecular complexity index is 1130. The van der Waals surface area contributed by atoms with E-state index in [1.165, 1.54) is 5.56 Å². The summed E-state index contributed by atoms with van der Waals surface area (Å²) in [4.78, 5) is 47.0. The zero-order chi connectivity index (χ0) is 24.6. The van der Waals surface area contributed by atoms with Crippen LogP contribution in [0.2, 0.25) is 0 Å². The van der Waals surface area contributed by atoms with E-state index in [0.717, 1.165) is 31.8 Å². The summed E-state index contributed by atoms with van der Waals surface area (Å²) in [5.41, 5.74) is 1.59. The smallest absolute Gasteiger partial charge is 0.258 e. The fraction of sp³-hybridized carbons (Fsp3) is 0.444. The molecule has 2 saturated heterocycles. The lowest BCUT2D eigenvalue weighted by atomic mass is 9.98. The van der Waals surface area contributed by atoms with Crippen molar-refractivity contribution in [3.8, 4) is 5.75 Å². The molecule has 1 atom stereocenters. The molecule has 184 valence electrons. The molecule has 0 bridgehead atoms. The van der Waals surface area contributed by atoms with Gasteiger partial charge in [0.2, 0.25) is 11.8 Å². The number of benzene rings is 2. The van der Waals surface area contributed by atoms with E-state index in [9.17, 15) is 14.4 Å². The third-order valence-electron chi connectivity index (χ3n) is 7.64. The highest BCUT2D eigenvalue weighted by atomic mass is 16.5. The summed E-state index contributed by atoms with van der Waals surface area (Å²) < 4.78 is 5.22. The molecule has 3 heterocycles. The maximum absolute atomic E-state index is 13.4. The summed E-state index contributed by atoms with van der Waals surface area (Å²) in [7, 11) is 1.67. The lowest BCUT2D eigenvalue weighted by Gasteiger charge is -2.49. The zero-order valence-corrected chi connectivity index (χ0v) is 20.4. The first-order valence-corrected chi connectivity index (χ1v) is 12.3. The molecule has 0 radical (unpaired) electrons. The van der Waals surface area contributed by atoms with Crippen molar-refractivity contribution in [1.29, 1.82) is 0 Å². The lowest BCUT2D eigenvalue weighted by Crippen LogP contribution is -2.64. The number of piperazine rings is 1. The molecule has 35 heavy (non-hydrogen) atoms. The van der Waals surface area contributed by atoms with Crippen molar-refractivity contribution >= 4 is 23.4 Å². The van der Waals surface area contributed by atoms with Crippen LogP contribution in [-0.2, 0) is 16.0 Å². The topological polar surface area (TPSA) is 73.4 Å². The predicted molar refractivity (Wildman–Crippen MR) is 132 cm³/mol. The van der Waals surface area contributed by atoms with Gasteiger partial charge in [0, 0.05) is 39.1 Å².